The smallest absolute Gasteiger partial charge is 0.258 e. The van der Waals surface area contributed by atoms with Crippen LogP contribution < -0.4 is 0 Å². The van der Waals surface area contributed by atoms with Gasteiger partial charge in [0.2, 0.25) is 0 Å². The summed E-state index contributed by atoms with van der Waals surface area (Å²) in [6.45, 7) is 0. The number of non-ortho nitro benzene ring substituents is 1. The molecule has 6 heteroatoms. The van der Waals surface area contributed by atoms with Crippen molar-refractivity contribution >= 4 is 55.3 Å². The predicted octanol–water partition coefficient (Wildman–Crippen LogP) is 5.14. The summed E-state index contributed by atoms with van der Waals surface area (Å²) in [5, 5.41) is 11.6. The van der Waals surface area contributed by atoms with Crippen molar-refractivity contribution in [3.05, 3.63) is 67.6 Å². The van der Waals surface area contributed by atoms with Crippen LogP contribution in [0.15, 0.2) is 46.9 Å². The minimum absolute atomic E-state index is 0.0651. The molecule has 0 aliphatic heterocycles. The van der Waals surface area contributed by atoms with E-state index in [0.717, 1.165) is 19.7 Å². The van der Waals surface area contributed by atoms with Gasteiger partial charge in [0.25, 0.3) is 5.69 Å². The zero-order valence-corrected chi connectivity index (χ0v) is 13.1. The standard InChI is InChI=1S/C15H9BrN2O2S/c16-11-3-1-2-10(8-11)4-7-15-17-13-9-12(18(19)20)5-6-14(13)21-15/h1-9H/b7-4+. The first-order chi connectivity index (χ1) is 10.1. The second kappa shape index (κ2) is 5.75. The van der Waals surface area contributed by atoms with Gasteiger partial charge in [-0.15, -0.1) is 11.3 Å². The SMILES string of the molecule is O=[N+]([O-])c1ccc2sc(/C=C/c3cccc(Br)c3)nc2c1. The van der Waals surface area contributed by atoms with Crippen LogP contribution in [-0.4, -0.2) is 9.91 Å². The van der Waals surface area contributed by atoms with Crippen LogP contribution in [0.3, 0.4) is 0 Å². The van der Waals surface area contributed by atoms with E-state index in [1.54, 1.807) is 6.07 Å². The predicted molar refractivity (Wildman–Crippen MR) is 89.3 cm³/mol. The summed E-state index contributed by atoms with van der Waals surface area (Å²) < 4.78 is 1.96. The molecular formula is C15H9BrN2O2S. The lowest BCUT2D eigenvalue weighted by Gasteiger charge is -1.93. The van der Waals surface area contributed by atoms with Gasteiger partial charge >= 0.3 is 0 Å². The third kappa shape index (κ3) is 3.17. The van der Waals surface area contributed by atoms with E-state index >= 15 is 0 Å². The van der Waals surface area contributed by atoms with Gasteiger partial charge in [0, 0.05) is 16.6 Å². The summed E-state index contributed by atoms with van der Waals surface area (Å²) >= 11 is 4.94. The van der Waals surface area contributed by atoms with Crippen LogP contribution in [0, 0.1) is 10.1 Å². The Morgan fingerprint density at radius 1 is 1.19 bits per heavy atom. The van der Waals surface area contributed by atoms with Gasteiger partial charge in [-0.2, -0.15) is 0 Å². The first-order valence-electron chi connectivity index (χ1n) is 6.10. The summed E-state index contributed by atoms with van der Waals surface area (Å²) in [7, 11) is 0. The summed E-state index contributed by atoms with van der Waals surface area (Å²) in [5.74, 6) is 0. The van der Waals surface area contributed by atoms with E-state index in [1.807, 2.05) is 36.4 Å². The zero-order valence-electron chi connectivity index (χ0n) is 10.7. The second-order valence-corrected chi connectivity index (χ2v) is 6.33. The Bertz CT molecular complexity index is 858. The van der Waals surface area contributed by atoms with Gasteiger partial charge < -0.3 is 0 Å². The summed E-state index contributed by atoms with van der Waals surface area (Å²) in [5.41, 5.74) is 1.79. The minimum Gasteiger partial charge on any atom is -0.258 e. The number of halogens is 1. The quantitative estimate of drug-likeness (QED) is 0.480. The van der Waals surface area contributed by atoms with Crippen molar-refractivity contribution < 1.29 is 4.92 Å². The lowest BCUT2D eigenvalue weighted by atomic mass is 10.2. The monoisotopic (exact) mass is 360 g/mol. The molecule has 0 fully saturated rings. The summed E-state index contributed by atoms with van der Waals surface area (Å²) in [4.78, 5) is 14.8. The van der Waals surface area contributed by atoms with Crippen molar-refractivity contribution in [1.82, 2.24) is 4.98 Å². The highest BCUT2D eigenvalue weighted by Gasteiger charge is 2.09. The first-order valence-corrected chi connectivity index (χ1v) is 7.71. The topological polar surface area (TPSA) is 56.0 Å². The molecule has 1 heterocycles. The molecular weight excluding hydrogens is 352 g/mol. The molecule has 3 rings (SSSR count). The van der Waals surface area contributed by atoms with Crippen LogP contribution in [0.4, 0.5) is 5.69 Å². The lowest BCUT2D eigenvalue weighted by Crippen LogP contribution is -1.86. The number of rotatable bonds is 3. The van der Waals surface area contributed by atoms with Crippen LogP contribution in [0.2, 0.25) is 0 Å². The highest BCUT2D eigenvalue weighted by molar-refractivity contribution is 9.10. The molecule has 3 aromatic rings. The molecule has 0 N–H and O–H groups in total. The summed E-state index contributed by atoms with van der Waals surface area (Å²) in [6.07, 6.45) is 3.88. The third-order valence-electron chi connectivity index (χ3n) is 2.87. The molecule has 0 unspecified atom stereocenters. The van der Waals surface area contributed by atoms with Crippen molar-refractivity contribution in [2.24, 2.45) is 0 Å². The molecule has 0 saturated carbocycles. The molecule has 0 amide bonds. The van der Waals surface area contributed by atoms with Gasteiger partial charge in [-0.05, 0) is 29.8 Å². The van der Waals surface area contributed by atoms with Crippen molar-refractivity contribution in [1.29, 1.82) is 0 Å². The van der Waals surface area contributed by atoms with E-state index in [9.17, 15) is 10.1 Å². The number of nitro groups is 1. The average molecular weight is 361 g/mol. The van der Waals surface area contributed by atoms with Crippen molar-refractivity contribution in [2.45, 2.75) is 0 Å². The van der Waals surface area contributed by atoms with Crippen molar-refractivity contribution in [3.63, 3.8) is 0 Å². The number of hydrogen-bond donors (Lipinski definition) is 0. The number of thiazole rings is 1. The molecule has 0 spiro atoms. The average Bonchev–Trinajstić information content (AvgIpc) is 2.87. The van der Waals surface area contributed by atoms with E-state index in [4.69, 9.17) is 0 Å². The number of fused-ring (bicyclic) bond motifs is 1. The Kier molecular flexibility index (Phi) is 3.81. The molecule has 1 aromatic heterocycles. The van der Waals surface area contributed by atoms with E-state index in [0.29, 0.717) is 5.52 Å². The van der Waals surface area contributed by atoms with Crippen LogP contribution >= 0.6 is 27.3 Å². The van der Waals surface area contributed by atoms with Gasteiger partial charge in [0.15, 0.2) is 0 Å². The fraction of sp³-hybridized carbons (Fsp3) is 0. The lowest BCUT2D eigenvalue weighted by molar-refractivity contribution is -0.384. The first kappa shape index (κ1) is 13.9. The highest BCUT2D eigenvalue weighted by Crippen LogP contribution is 2.27. The number of aromatic nitrogens is 1. The fourth-order valence-electron chi connectivity index (χ4n) is 1.90. The maximum atomic E-state index is 10.8. The van der Waals surface area contributed by atoms with E-state index in [1.165, 1.54) is 23.5 Å². The molecule has 0 atom stereocenters. The Labute approximate surface area is 133 Å². The van der Waals surface area contributed by atoms with Crippen molar-refractivity contribution in [2.75, 3.05) is 0 Å². The molecule has 0 bridgehead atoms. The van der Waals surface area contributed by atoms with Gasteiger partial charge in [-0.1, -0.05) is 34.1 Å². The van der Waals surface area contributed by atoms with Crippen LogP contribution in [0.5, 0.6) is 0 Å². The fourth-order valence-corrected chi connectivity index (χ4v) is 3.16. The maximum Gasteiger partial charge on any atom is 0.271 e. The van der Waals surface area contributed by atoms with Crippen LogP contribution in [0.1, 0.15) is 10.6 Å². The molecule has 21 heavy (non-hydrogen) atoms. The molecule has 0 aliphatic carbocycles. The van der Waals surface area contributed by atoms with Gasteiger partial charge in [-0.3, -0.25) is 10.1 Å². The number of nitrogens with zero attached hydrogens (tertiary/aromatic N) is 2. The Balaban J connectivity index is 1.92. The van der Waals surface area contributed by atoms with Gasteiger partial charge in [-0.25, -0.2) is 4.98 Å². The molecule has 0 aliphatic rings. The Hall–Kier alpha value is -2.05. The summed E-state index contributed by atoms with van der Waals surface area (Å²) in [6, 6.07) is 12.7. The van der Waals surface area contributed by atoms with Crippen molar-refractivity contribution in [3.8, 4) is 0 Å². The third-order valence-corrected chi connectivity index (χ3v) is 4.36. The van der Waals surface area contributed by atoms with Gasteiger partial charge in [0.05, 0.1) is 15.1 Å². The number of hydrogen-bond acceptors (Lipinski definition) is 4. The number of nitro benzene ring substituents is 1. The molecule has 0 saturated heterocycles. The van der Waals surface area contributed by atoms with Crippen LogP contribution in [-0.2, 0) is 0 Å². The molecule has 2 aromatic carbocycles. The zero-order chi connectivity index (χ0) is 14.8. The second-order valence-electron chi connectivity index (χ2n) is 4.35. The van der Waals surface area contributed by atoms with Gasteiger partial charge in [0.1, 0.15) is 5.01 Å². The maximum absolute atomic E-state index is 10.8. The molecule has 104 valence electrons. The van der Waals surface area contributed by atoms with E-state index < -0.39 is 4.92 Å². The Morgan fingerprint density at radius 2 is 2.05 bits per heavy atom. The van der Waals surface area contributed by atoms with E-state index in [2.05, 4.69) is 20.9 Å². The van der Waals surface area contributed by atoms with Crippen LogP contribution in [0.25, 0.3) is 22.4 Å². The normalized spacial score (nSPS) is 11.3. The molecule has 0 radical (unpaired) electrons. The highest BCUT2D eigenvalue weighted by atomic mass is 79.9. The molecule has 4 nitrogen and oxygen atoms in total. The van der Waals surface area contributed by atoms with E-state index in [-0.39, 0.29) is 5.69 Å². The minimum atomic E-state index is -0.407. The number of benzene rings is 2. The Morgan fingerprint density at radius 3 is 2.81 bits per heavy atom. The largest absolute Gasteiger partial charge is 0.271 e.